The van der Waals surface area contributed by atoms with E-state index in [4.69, 9.17) is 21.1 Å². The maximum absolute atomic E-state index is 12.4. The lowest BCUT2D eigenvalue weighted by atomic mass is 10.0. The Morgan fingerprint density at radius 1 is 1.30 bits per heavy atom. The highest BCUT2D eigenvalue weighted by molar-refractivity contribution is 6.34. The number of anilines is 1. The number of carbonyl (C=O) groups is 1. The molecule has 5 atom stereocenters. The van der Waals surface area contributed by atoms with E-state index in [1.165, 1.54) is 6.33 Å². The third-order valence-corrected chi connectivity index (χ3v) is 6.49. The topological polar surface area (TPSA) is 96.8 Å². The molecule has 8 nitrogen and oxygen atoms in total. The normalized spacial score (nSPS) is 23.7. The van der Waals surface area contributed by atoms with Gasteiger partial charge in [0.25, 0.3) is 0 Å². The summed E-state index contributed by atoms with van der Waals surface area (Å²) in [6.45, 7) is 7.19. The molecule has 2 aliphatic rings. The number of nitrogens with zero attached hydrogens (tertiary/aromatic N) is 3. The van der Waals surface area contributed by atoms with E-state index in [0.717, 1.165) is 30.7 Å². The molecule has 1 saturated carbocycles. The van der Waals surface area contributed by atoms with E-state index in [1.807, 2.05) is 36.1 Å². The molecule has 0 bridgehead atoms. The second kappa shape index (κ2) is 10.1. The molecule has 2 aromatic rings. The Morgan fingerprint density at radius 3 is 2.70 bits per heavy atom. The largest absolute Gasteiger partial charge is 0.489 e. The zero-order valence-electron chi connectivity index (χ0n) is 19.2. The average molecular weight is 475 g/mol. The van der Waals surface area contributed by atoms with Crippen molar-refractivity contribution in [2.24, 2.45) is 5.92 Å². The maximum Gasteiger partial charge on any atom is 0.238 e. The van der Waals surface area contributed by atoms with Crippen LogP contribution in [0.15, 0.2) is 30.6 Å². The summed E-state index contributed by atoms with van der Waals surface area (Å²) < 4.78 is 11.6. The zero-order valence-corrected chi connectivity index (χ0v) is 20.0. The van der Waals surface area contributed by atoms with Crippen molar-refractivity contribution in [1.82, 2.24) is 15.3 Å². The van der Waals surface area contributed by atoms with E-state index in [1.54, 1.807) is 6.92 Å². The fourth-order valence-corrected chi connectivity index (χ4v) is 4.16. The molecule has 1 aliphatic heterocycles. The summed E-state index contributed by atoms with van der Waals surface area (Å²) >= 11 is 6.45. The van der Waals surface area contributed by atoms with Crippen molar-refractivity contribution in [2.45, 2.75) is 57.8 Å². The molecule has 2 fully saturated rings. The monoisotopic (exact) mass is 474 g/mol. The highest BCUT2D eigenvalue weighted by Gasteiger charge is 2.35. The second-order valence-electron chi connectivity index (χ2n) is 9.07. The van der Waals surface area contributed by atoms with E-state index in [-0.39, 0.29) is 30.4 Å². The molecule has 9 heteroatoms. The van der Waals surface area contributed by atoms with Gasteiger partial charge in [-0.2, -0.15) is 0 Å². The zero-order chi connectivity index (χ0) is 23.5. The minimum atomic E-state index is -0.616. The Hall–Kier alpha value is -2.58. The molecule has 2 heterocycles. The fourth-order valence-electron chi connectivity index (χ4n) is 3.89. The number of rotatable bonds is 9. The molecular weight excluding hydrogens is 444 g/mol. The van der Waals surface area contributed by atoms with Gasteiger partial charge in [0.2, 0.25) is 11.8 Å². The van der Waals surface area contributed by atoms with Gasteiger partial charge < -0.3 is 24.8 Å². The number of aliphatic hydroxyl groups is 1. The van der Waals surface area contributed by atoms with E-state index >= 15 is 0 Å². The Kier molecular flexibility index (Phi) is 7.24. The number of hydrogen-bond donors (Lipinski definition) is 2. The lowest BCUT2D eigenvalue weighted by Gasteiger charge is -2.20. The van der Waals surface area contributed by atoms with Crippen LogP contribution in [0.25, 0.3) is 0 Å². The maximum atomic E-state index is 12.4. The van der Waals surface area contributed by atoms with Crippen LogP contribution in [-0.4, -0.2) is 58.9 Å². The van der Waals surface area contributed by atoms with Crippen molar-refractivity contribution in [1.29, 1.82) is 0 Å². The molecule has 1 aromatic carbocycles. The number of halogens is 1. The van der Waals surface area contributed by atoms with Gasteiger partial charge in [-0.15, -0.1) is 0 Å². The van der Waals surface area contributed by atoms with Crippen molar-refractivity contribution in [3.05, 3.63) is 41.2 Å². The van der Waals surface area contributed by atoms with Gasteiger partial charge in [0.05, 0.1) is 18.6 Å². The van der Waals surface area contributed by atoms with Gasteiger partial charge in [-0.3, -0.25) is 4.79 Å². The quantitative estimate of drug-likeness (QED) is 0.576. The molecule has 5 unspecified atom stereocenters. The number of nitrogens with one attached hydrogen (secondary N) is 1. The van der Waals surface area contributed by atoms with Crippen molar-refractivity contribution < 1.29 is 19.4 Å². The molecule has 0 radical (unpaired) electrons. The number of aromatic nitrogens is 2. The van der Waals surface area contributed by atoms with Crippen molar-refractivity contribution >= 4 is 23.3 Å². The van der Waals surface area contributed by atoms with Gasteiger partial charge in [0.1, 0.15) is 29.8 Å². The third-order valence-electron chi connectivity index (χ3n) is 6.16. The first-order chi connectivity index (χ1) is 15.8. The molecule has 1 aromatic heterocycles. The summed E-state index contributed by atoms with van der Waals surface area (Å²) in [4.78, 5) is 22.8. The predicted octanol–water partition coefficient (Wildman–Crippen LogP) is 3.18. The predicted molar refractivity (Wildman–Crippen MR) is 126 cm³/mol. The average Bonchev–Trinajstić information content (AvgIpc) is 3.28. The summed E-state index contributed by atoms with van der Waals surface area (Å²) in [5.74, 6) is 2.09. The van der Waals surface area contributed by atoms with Gasteiger partial charge >= 0.3 is 0 Å². The summed E-state index contributed by atoms with van der Waals surface area (Å²) in [7, 11) is 0. The van der Waals surface area contributed by atoms with Gasteiger partial charge in [-0.1, -0.05) is 30.7 Å². The van der Waals surface area contributed by atoms with Crippen LogP contribution in [0.5, 0.6) is 11.6 Å². The lowest BCUT2D eigenvalue weighted by molar-refractivity contribution is -0.122. The summed E-state index contributed by atoms with van der Waals surface area (Å²) in [6, 6.07) is 8.07. The number of ether oxygens (including phenoxy) is 2. The van der Waals surface area contributed by atoms with Crippen molar-refractivity contribution in [3.8, 4) is 11.6 Å². The first-order valence-electron chi connectivity index (χ1n) is 11.4. The van der Waals surface area contributed by atoms with Crippen LogP contribution in [-0.2, 0) is 4.79 Å². The van der Waals surface area contributed by atoms with Crippen LogP contribution in [0.2, 0.25) is 5.02 Å². The molecule has 4 rings (SSSR count). The van der Waals surface area contributed by atoms with Crippen LogP contribution in [0, 0.1) is 5.92 Å². The second-order valence-corrected chi connectivity index (χ2v) is 9.45. The van der Waals surface area contributed by atoms with E-state index in [0.29, 0.717) is 29.3 Å². The molecule has 178 valence electrons. The number of aliphatic hydroxyl groups excluding tert-OH is 1. The molecule has 2 N–H and O–H groups in total. The standard InChI is InChI=1S/C24H31ClN4O4/c1-14-10-20(14)28-23(31)16(3)17-4-6-18(7-5-17)33-19-8-9-29(11-19)22-21(25)24(27-13-26-22)32-12-15(2)30/h4-7,13-16,19-20,30H,8-12H2,1-3H3,(H,28,31). The summed E-state index contributed by atoms with van der Waals surface area (Å²) in [5.41, 5.74) is 0.971. The smallest absolute Gasteiger partial charge is 0.238 e. The number of amides is 1. The Bertz CT molecular complexity index is 971. The summed E-state index contributed by atoms with van der Waals surface area (Å²) in [6.07, 6.45) is 2.67. The van der Waals surface area contributed by atoms with Crippen molar-refractivity contribution in [3.63, 3.8) is 0 Å². The minimum Gasteiger partial charge on any atom is -0.489 e. The van der Waals surface area contributed by atoms with Crippen LogP contribution in [0.3, 0.4) is 0 Å². The Balaban J connectivity index is 1.32. The number of hydrogen-bond acceptors (Lipinski definition) is 7. The lowest BCUT2D eigenvalue weighted by Crippen LogP contribution is -2.30. The molecule has 0 spiro atoms. The van der Waals surface area contributed by atoms with Gasteiger partial charge in [0, 0.05) is 19.0 Å². The van der Waals surface area contributed by atoms with E-state index in [9.17, 15) is 9.90 Å². The van der Waals surface area contributed by atoms with Crippen LogP contribution >= 0.6 is 11.6 Å². The Morgan fingerprint density at radius 2 is 2.03 bits per heavy atom. The first kappa shape index (κ1) is 23.6. The van der Waals surface area contributed by atoms with E-state index in [2.05, 4.69) is 22.2 Å². The van der Waals surface area contributed by atoms with Crippen LogP contribution in [0.1, 0.15) is 45.1 Å². The molecule has 33 heavy (non-hydrogen) atoms. The van der Waals surface area contributed by atoms with Crippen molar-refractivity contribution in [2.75, 3.05) is 24.6 Å². The first-order valence-corrected chi connectivity index (χ1v) is 11.8. The molecular formula is C24H31ClN4O4. The SMILES string of the molecule is CC(O)COc1ncnc(N2CCC(Oc3ccc(C(C)C(=O)NC4CC4C)cc3)C2)c1Cl. The number of carbonyl (C=O) groups excluding carboxylic acids is 1. The fraction of sp³-hybridized carbons (Fsp3) is 0.542. The van der Waals surface area contributed by atoms with Gasteiger partial charge in [0.15, 0.2) is 5.82 Å². The summed E-state index contributed by atoms with van der Waals surface area (Å²) in [5, 5.41) is 12.9. The molecule has 1 amide bonds. The molecule has 1 saturated heterocycles. The number of benzene rings is 1. The van der Waals surface area contributed by atoms with Gasteiger partial charge in [-0.25, -0.2) is 9.97 Å². The van der Waals surface area contributed by atoms with Gasteiger partial charge in [-0.05, 0) is 43.9 Å². The third kappa shape index (κ3) is 5.86. The highest BCUT2D eigenvalue weighted by Crippen LogP contribution is 2.33. The van der Waals surface area contributed by atoms with E-state index < -0.39 is 6.10 Å². The Labute approximate surface area is 199 Å². The molecule has 1 aliphatic carbocycles. The van der Waals surface area contributed by atoms with Crippen LogP contribution < -0.4 is 19.7 Å². The minimum absolute atomic E-state index is 0.0132. The highest BCUT2D eigenvalue weighted by atomic mass is 35.5. The van der Waals surface area contributed by atoms with Crippen LogP contribution in [0.4, 0.5) is 5.82 Å².